The van der Waals surface area contributed by atoms with Crippen molar-refractivity contribution in [3.8, 4) is 17.1 Å². The number of halogens is 1. The van der Waals surface area contributed by atoms with Gasteiger partial charge >= 0.3 is 0 Å². The molecule has 0 saturated carbocycles. The molecule has 0 N–H and O–H groups in total. The van der Waals surface area contributed by atoms with E-state index in [4.69, 9.17) is 4.74 Å². The van der Waals surface area contributed by atoms with Crippen LogP contribution in [-0.4, -0.2) is 34.0 Å². The number of benzene rings is 2. The quantitative estimate of drug-likeness (QED) is 0.679. The number of ether oxygens (including phenoxy) is 1. The second-order valence-electron chi connectivity index (χ2n) is 4.87. The first-order chi connectivity index (χ1) is 11.6. The van der Waals surface area contributed by atoms with Gasteiger partial charge in [-0.3, -0.25) is 4.79 Å². The van der Waals surface area contributed by atoms with E-state index in [1.165, 1.54) is 40.7 Å². The number of aromatic nitrogens is 3. The lowest BCUT2D eigenvalue weighted by atomic mass is 10.2. The predicted molar refractivity (Wildman–Crippen MR) is 89.9 cm³/mol. The second-order valence-corrected chi connectivity index (χ2v) is 5.65. The van der Waals surface area contributed by atoms with Gasteiger partial charge in [-0.2, -0.15) is 4.68 Å². The number of methoxy groups -OCH3 is 1. The molecule has 1 heterocycles. The maximum absolute atomic E-state index is 13.0. The zero-order valence-electron chi connectivity index (χ0n) is 13.1. The van der Waals surface area contributed by atoms with E-state index >= 15 is 0 Å². The van der Waals surface area contributed by atoms with Crippen LogP contribution in [0, 0.1) is 5.82 Å². The molecule has 0 fully saturated rings. The Hall–Kier alpha value is -2.67. The summed E-state index contributed by atoms with van der Waals surface area (Å²) < 4.78 is 19.4. The Bertz CT molecular complexity index is 861. The molecule has 0 unspecified atom stereocenters. The van der Waals surface area contributed by atoms with Gasteiger partial charge in [0.1, 0.15) is 11.6 Å². The summed E-state index contributed by atoms with van der Waals surface area (Å²) in [4.78, 5) is 17.0. The van der Waals surface area contributed by atoms with Gasteiger partial charge in [0.15, 0.2) is 11.0 Å². The standard InChI is InChI=1S/C17H14FN3O2S/c1-23-14-9-5-11(6-10-14)15-19-17(24-2)21(20-15)16(22)12-3-7-13(18)8-4-12/h3-10H,1-2H3. The second kappa shape index (κ2) is 6.84. The van der Waals surface area contributed by atoms with Crippen molar-refractivity contribution in [2.45, 2.75) is 5.16 Å². The number of nitrogens with zero attached hydrogens (tertiary/aromatic N) is 3. The number of carbonyl (C=O) groups excluding carboxylic acids is 1. The van der Waals surface area contributed by atoms with Crippen molar-refractivity contribution in [3.63, 3.8) is 0 Å². The Morgan fingerprint density at radius 2 is 1.79 bits per heavy atom. The smallest absolute Gasteiger partial charge is 0.280 e. The van der Waals surface area contributed by atoms with Crippen molar-refractivity contribution in [1.82, 2.24) is 14.8 Å². The lowest BCUT2D eigenvalue weighted by molar-refractivity contribution is 0.0933. The van der Waals surface area contributed by atoms with Crippen molar-refractivity contribution in [3.05, 3.63) is 59.9 Å². The molecule has 0 saturated heterocycles. The van der Waals surface area contributed by atoms with Gasteiger partial charge in [0.25, 0.3) is 5.91 Å². The summed E-state index contributed by atoms with van der Waals surface area (Å²) in [6.45, 7) is 0. The van der Waals surface area contributed by atoms with E-state index in [0.29, 0.717) is 16.5 Å². The lowest BCUT2D eigenvalue weighted by Crippen LogP contribution is -2.14. The third kappa shape index (κ3) is 3.16. The summed E-state index contributed by atoms with van der Waals surface area (Å²) in [5.74, 6) is 0.420. The summed E-state index contributed by atoms with van der Waals surface area (Å²) in [5.41, 5.74) is 1.12. The topological polar surface area (TPSA) is 57.0 Å². The van der Waals surface area contributed by atoms with Gasteiger partial charge in [0.2, 0.25) is 0 Å². The molecule has 0 aliphatic rings. The van der Waals surface area contributed by atoms with Crippen molar-refractivity contribution < 1.29 is 13.9 Å². The van der Waals surface area contributed by atoms with Gasteiger partial charge in [0.05, 0.1) is 7.11 Å². The SMILES string of the molecule is COc1ccc(-c2nc(SC)n(C(=O)c3ccc(F)cc3)n2)cc1. The highest BCUT2D eigenvalue weighted by Crippen LogP contribution is 2.23. The first-order valence-corrected chi connectivity index (χ1v) is 8.30. The minimum atomic E-state index is -0.394. The van der Waals surface area contributed by atoms with Crippen LogP contribution in [0.3, 0.4) is 0 Å². The Balaban J connectivity index is 1.97. The number of rotatable bonds is 4. The van der Waals surface area contributed by atoms with Gasteiger partial charge in [-0.1, -0.05) is 11.8 Å². The van der Waals surface area contributed by atoms with Crippen molar-refractivity contribution in [2.75, 3.05) is 13.4 Å². The molecular formula is C17H14FN3O2S. The number of thioether (sulfide) groups is 1. The van der Waals surface area contributed by atoms with E-state index in [1.807, 2.05) is 18.4 Å². The molecule has 0 amide bonds. The highest BCUT2D eigenvalue weighted by atomic mass is 32.2. The molecule has 5 nitrogen and oxygen atoms in total. The molecular weight excluding hydrogens is 329 g/mol. The van der Waals surface area contributed by atoms with E-state index < -0.39 is 5.82 Å². The van der Waals surface area contributed by atoms with Crippen LogP contribution in [0.2, 0.25) is 0 Å². The maximum Gasteiger partial charge on any atom is 0.280 e. The molecule has 1 aromatic heterocycles. The molecule has 0 atom stereocenters. The molecule has 0 bridgehead atoms. The number of hydrogen-bond donors (Lipinski definition) is 0. The highest BCUT2D eigenvalue weighted by molar-refractivity contribution is 7.98. The Morgan fingerprint density at radius 1 is 1.12 bits per heavy atom. The molecule has 0 spiro atoms. The van der Waals surface area contributed by atoms with Crippen LogP contribution in [0.5, 0.6) is 5.75 Å². The normalized spacial score (nSPS) is 10.6. The maximum atomic E-state index is 13.0. The van der Waals surface area contributed by atoms with Gasteiger partial charge in [-0.05, 0) is 54.8 Å². The zero-order valence-corrected chi connectivity index (χ0v) is 13.9. The van der Waals surface area contributed by atoms with Crippen LogP contribution in [0.25, 0.3) is 11.4 Å². The van der Waals surface area contributed by atoms with Crippen LogP contribution in [0.4, 0.5) is 4.39 Å². The van der Waals surface area contributed by atoms with E-state index in [0.717, 1.165) is 11.3 Å². The van der Waals surface area contributed by atoms with Gasteiger partial charge < -0.3 is 4.74 Å². The molecule has 3 rings (SSSR count). The summed E-state index contributed by atoms with van der Waals surface area (Å²) in [6.07, 6.45) is 1.82. The first kappa shape index (κ1) is 16.2. The van der Waals surface area contributed by atoms with Crippen LogP contribution >= 0.6 is 11.8 Å². The van der Waals surface area contributed by atoms with Crippen molar-refractivity contribution in [1.29, 1.82) is 0 Å². The average Bonchev–Trinajstić information content (AvgIpc) is 3.06. The summed E-state index contributed by atoms with van der Waals surface area (Å²) in [5, 5.41) is 4.77. The van der Waals surface area contributed by atoms with E-state index in [9.17, 15) is 9.18 Å². The summed E-state index contributed by atoms with van der Waals surface area (Å²) in [7, 11) is 1.59. The van der Waals surface area contributed by atoms with Gasteiger partial charge in [0, 0.05) is 11.1 Å². The third-order valence-electron chi connectivity index (χ3n) is 3.39. The molecule has 7 heteroatoms. The molecule has 24 heavy (non-hydrogen) atoms. The number of hydrogen-bond acceptors (Lipinski definition) is 5. The van der Waals surface area contributed by atoms with E-state index in [2.05, 4.69) is 10.1 Å². The van der Waals surface area contributed by atoms with Gasteiger partial charge in [-0.15, -0.1) is 5.10 Å². The Morgan fingerprint density at radius 3 is 2.38 bits per heavy atom. The monoisotopic (exact) mass is 343 g/mol. The van der Waals surface area contributed by atoms with Crippen LogP contribution in [0.1, 0.15) is 10.4 Å². The minimum absolute atomic E-state index is 0.345. The van der Waals surface area contributed by atoms with Crippen molar-refractivity contribution in [2.24, 2.45) is 0 Å². The first-order valence-electron chi connectivity index (χ1n) is 7.08. The molecule has 3 aromatic rings. The third-order valence-corrected chi connectivity index (χ3v) is 4.02. The number of carbonyl (C=O) groups is 1. The fourth-order valence-electron chi connectivity index (χ4n) is 2.14. The molecule has 2 aromatic carbocycles. The Labute approximate surface area is 142 Å². The predicted octanol–water partition coefficient (Wildman–Crippen LogP) is 3.50. The summed E-state index contributed by atoms with van der Waals surface area (Å²) in [6, 6.07) is 12.6. The highest BCUT2D eigenvalue weighted by Gasteiger charge is 2.18. The molecule has 122 valence electrons. The molecule has 0 radical (unpaired) electrons. The van der Waals surface area contributed by atoms with Crippen LogP contribution < -0.4 is 4.74 Å². The fraction of sp³-hybridized carbons (Fsp3) is 0.118. The van der Waals surface area contributed by atoms with Crippen molar-refractivity contribution >= 4 is 17.7 Å². The van der Waals surface area contributed by atoms with Crippen LogP contribution in [0.15, 0.2) is 53.7 Å². The minimum Gasteiger partial charge on any atom is -0.497 e. The summed E-state index contributed by atoms with van der Waals surface area (Å²) >= 11 is 1.31. The van der Waals surface area contributed by atoms with E-state index in [1.54, 1.807) is 19.2 Å². The fourth-order valence-corrected chi connectivity index (χ4v) is 2.61. The average molecular weight is 343 g/mol. The largest absolute Gasteiger partial charge is 0.497 e. The lowest BCUT2D eigenvalue weighted by Gasteiger charge is -2.02. The van der Waals surface area contributed by atoms with E-state index in [-0.39, 0.29) is 5.91 Å². The Kier molecular flexibility index (Phi) is 4.61. The zero-order chi connectivity index (χ0) is 17.1. The molecule has 0 aliphatic carbocycles. The van der Waals surface area contributed by atoms with Gasteiger partial charge in [-0.25, -0.2) is 9.37 Å². The van der Waals surface area contributed by atoms with Crippen LogP contribution in [-0.2, 0) is 0 Å². The molecule has 0 aliphatic heterocycles.